The predicted octanol–water partition coefficient (Wildman–Crippen LogP) is 1.95. The Kier molecular flexibility index (Phi) is 3.53. The van der Waals surface area contributed by atoms with Crippen LogP contribution in [0.4, 0.5) is 0 Å². The average Bonchev–Trinajstić information content (AvgIpc) is 2.40. The van der Waals surface area contributed by atoms with Crippen molar-refractivity contribution in [2.75, 3.05) is 0 Å². The van der Waals surface area contributed by atoms with E-state index in [0.717, 1.165) is 32.1 Å². The van der Waals surface area contributed by atoms with E-state index in [9.17, 15) is 4.79 Å². The molecule has 0 heterocycles. The van der Waals surface area contributed by atoms with Gasteiger partial charge in [-0.1, -0.05) is 19.3 Å². The van der Waals surface area contributed by atoms with Crippen molar-refractivity contribution in [3.05, 3.63) is 0 Å². The lowest BCUT2D eigenvalue weighted by Crippen LogP contribution is -2.54. The highest BCUT2D eigenvalue weighted by atomic mass is 16.2. The minimum atomic E-state index is 0.0555. The minimum absolute atomic E-state index is 0.0555. The van der Waals surface area contributed by atoms with E-state index in [1.165, 1.54) is 19.3 Å². The average molecular weight is 224 g/mol. The fourth-order valence-electron chi connectivity index (χ4n) is 2.88. The van der Waals surface area contributed by atoms with Gasteiger partial charge in [0.05, 0.1) is 5.92 Å². The molecule has 3 N–H and O–H groups in total. The van der Waals surface area contributed by atoms with Gasteiger partial charge in [0.25, 0.3) is 0 Å². The number of carbonyl (C=O) groups is 1. The molecule has 2 rings (SSSR count). The number of rotatable bonds is 2. The molecular weight excluding hydrogens is 200 g/mol. The first-order chi connectivity index (χ1) is 7.61. The fourth-order valence-corrected chi connectivity index (χ4v) is 2.88. The molecule has 0 aliphatic heterocycles. The Morgan fingerprint density at radius 2 is 1.88 bits per heavy atom. The van der Waals surface area contributed by atoms with Crippen LogP contribution in [0.2, 0.25) is 0 Å². The summed E-state index contributed by atoms with van der Waals surface area (Å²) in [4.78, 5) is 12.2. The molecule has 2 aliphatic carbocycles. The van der Waals surface area contributed by atoms with Gasteiger partial charge in [-0.25, -0.2) is 0 Å². The van der Waals surface area contributed by atoms with Crippen LogP contribution in [0.1, 0.15) is 58.3 Å². The predicted molar refractivity (Wildman–Crippen MR) is 64.9 cm³/mol. The molecule has 0 spiro atoms. The third-order valence-electron chi connectivity index (χ3n) is 4.29. The van der Waals surface area contributed by atoms with E-state index in [1.54, 1.807) is 0 Å². The summed E-state index contributed by atoms with van der Waals surface area (Å²) in [5.41, 5.74) is 6.17. The molecule has 3 heteroatoms. The molecule has 2 unspecified atom stereocenters. The van der Waals surface area contributed by atoms with Crippen molar-refractivity contribution in [2.24, 2.45) is 11.7 Å². The van der Waals surface area contributed by atoms with Gasteiger partial charge in [0.15, 0.2) is 0 Å². The van der Waals surface area contributed by atoms with E-state index in [-0.39, 0.29) is 23.4 Å². The van der Waals surface area contributed by atoms with Gasteiger partial charge < -0.3 is 11.1 Å². The third kappa shape index (κ3) is 2.57. The number of hydrogen-bond donors (Lipinski definition) is 2. The highest BCUT2D eigenvalue weighted by Crippen LogP contribution is 2.32. The molecule has 0 aromatic rings. The second-order valence-electron chi connectivity index (χ2n) is 5.81. The Morgan fingerprint density at radius 3 is 2.50 bits per heavy atom. The lowest BCUT2D eigenvalue weighted by Gasteiger charge is -2.40. The number of amides is 1. The van der Waals surface area contributed by atoms with Crippen LogP contribution >= 0.6 is 0 Å². The van der Waals surface area contributed by atoms with Crippen LogP contribution < -0.4 is 11.1 Å². The minimum Gasteiger partial charge on any atom is -0.351 e. The van der Waals surface area contributed by atoms with Gasteiger partial charge in [0, 0.05) is 11.6 Å². The Hall–Kier alpha value is -0.570. The standard InChI is InChI=1S/C13H24N2O/c1-13(8-5-9-13)15-12(16)10-6-3-2-4-7-11(10)14/h10-11H,2-9,14H2,1H3,(H,15,16). The molecule has 0 saturated heterocycles. The highest BCUT2D eigenvalue weighted by Gasteiger charge is 2.36. The van der Waals surface area contributed by atoms with Crippen molar-refractivity contribution in [1.82, 2.24) is 5.32 Å². The van der Waals surface area contributed by atoms with E-state index in [2.05, 4.69) is 12.2 Å². The normalized spacial score (nSPS) is 33.6. The van der Waals surface area contributed by atoms with Crippen molar-refractivity contribution < 1.29 is 4.79 Å². The zero-order valence-corrected chi connectivity index (χ0v) is 10.3. The van der Waals surface area contributed by atoms with Crippen molar-refractivity contribution in [3.8, 4) is 0 Å². The fraction of sp³-hybridized carbons (Fsp3) is 0.923. The molecule has 3 nitrogen and oxygen atoms in total. The monoisotopic (exact) mass is 224 g/mol. The van der Waals surface area contributed by atoms with Crippen molar-refractivity contribution >= 4 is 5.91 Å². The van der Waals surface area contributed by atoms with Crippen molar-refractivity contribution in [2.45, 2.75) is 69.9 Å². The molecule has 1 amide bonds. The van der Waals surface area contributed by atoms with Crippen molar-refractivity contribution in [3.63, 3.8) is 0 Å². The van der Waals surface area contributed by atoms with E-state index < -0.39 is 0 Å². The largest absolute Gasteiger partial charge is 0.351 e. The number of hydrogen-bond acceptors (Lipinski definition) is 2. The molecule has 2 saturated carbocycles. The van der Waals surface area contributed by atoms with E-state index in [0.29, 0.717) is 0 Å². The molecule has 16 heavy (non-hydrogen) atoms. The molecule has 2 aliphatic rings. The highest BCUT2D eigenvalue weighted by molar-refractivity contribution is 5.80. The second-order valence-corrected chi connectivity index (χ2v) is 5.81. The quantitative estimate of drug-likeness (QED) is 0.704. The van der Waals surface area contributed by atoms with Crippen LogP contribution in [0.15, 0.2) is 0 Å². The molecule has 0 aromatic heterocycles. The molecule has 2 atom stereocenters. The van der Waals surface area contributed by atoms with Crippen LogP contribution in [0.25, 0.3) is 0 Å². The van der Waals surface area contributed by atoms with Gasteiger partial charge in [-0.2, -0.15) is 0 Å². The Balaban J connectivity index is 1.91. The summed E-state index contributed by atoms with van der Waals surface area (Å²) in [5.74, 6) is 0.261. The maximum Gasteiger partial charge on any atom is 0.225 e. The molecule has 0 aromatic carbocycles. The summed E-state index contributed by atoms with van der Waals surface area (Å²) in [6, 6.07) is 0.0752. The summed E-state index contributed by atoms with van der Waals surface area (Å²) >= 11 is 0. The second kappa shape index (κ2) is 4.74. The van der Waals surface area contributed by atoms with Crippen LogP contribution in [-0.2, 0) is 4.79 Å². The van der Waals surface area contributed by atoms with Gasteiger partial charge in [-0.15, -0.1) is 0 Å². The van der Waals surface area contributed by atoms with E-state index in [4.69, 9.17) is 5.73 Å². The third-order valence-corrected chi connectivity index (χ3v) is 4.29. The maximum absolute atomic E-state index is 12.2. The Morgan fingerprint density at radius 1 is 1.19 bits per heavy atom. The van der Waals surface area contributed by atoms with Crippen LogP contribution in [0, 0.1) is 5.92 Å². The Labute approximate surface area is 98.2 Å². The first kappa shape index (κ1) is 11.9. The van der Waals surface area contributed by atoms with Crippen LogP contribution in [0.3, 0.4) is 0 Å². The van der Waals surface area contributed by atoms with E-state index in [1.807, 2.05) is 0 Å². The summed E-state index contributed by atoms with van der Waals surface area (Å²) in [5, 5.41) is 3.20. The molecule has 0 bridgehead atoms. The topological polar surface area (TPSA) is 55.1 Å². The molecular formula is C13H24N2O. The number of nitrogens with one attached hydrogen (secondary N) is 1. The van der Waals surface area contributed by atoms with Gasteiger partial charge in [-0.3, -0.25) is 4.79 Å². The first-order valence-electron chi connectivity index (χ1n) is 6.68. The van der Waals surface area contributed by atoms with Crippen molar-refractivity contribution in [1.29, 1.82) is 0 Å². The SMILES string of the molecule is CC1(NC(=O)C2CCCCCC2N)CCC1. The zero-order chi connectivity index (χ0) is 11.6. The molecule has 0 radical (unpaired) electrons. The van der Waals surface area contributed by atoms with Gasteiger partial charge in [-0.05, 0) is 39.0 Å². The van der Waals surface area contributed by atoms with Gasteiger partial charge in [0.1, 0.15) is 0 Å². The van der Waals surface area contributed by atoms with Crippen LogP contribution in [0.5, 0.6) is 0 Å². The summed E-state index contributed by atoms with van der Waals surface area (Å²) in [6.07, 6.45) is 9.05. The molecule has 2 fully saturated rings. The lowest BCUT2D eigenvalue weighted by molar-refractivity contribution is -0.128. The zero-order valence-electron chi connectivity index (χ0n) is 10.3. The molecule has 92 valence electrons. The maximum atomic E-state index is 12.2. The summed E-state index contributed by atoms with van der Waals surface area (Å²) in [7, 11) is 0. The van der Waals surface area contributed by atoms with Gasteiger partial charge in [0.2, 0.25) is 5.91 Å². The van der Waals surface area contributed by atoms with Gasteiger partial charge >= 0.3 is 0 Å². The van der Waals surface area contributed by atoms with Crippen LogP contribution in [-0.4, -0.2) is 17.5 Å². The number of nitrogens with two attached hydrogens (primary N) is 1. The first-order valence-corrected chi connectivity index (χ1v) is 6.68. The summed E-state index contributed by atoms with van der Waals surface area (Å²) in [6.45, 7) is 2.15. The summed E-state index contributed by atoms with van der Waals surface area (Å²) < 4.78 is 0. The van der Waals surface area contributed by atoms with E-state index >= 15 is 0 Å². The lowest BCUT2D eigenvalue weighted by atomic mass is 9.78. The Bertz CT molecular complexity index is 261. The number of carbonyl (C=O) groups excluding carboxylic acids is 1. The smallest absolute Gasteiger partial charge is 0.225 e.